The lowest BCUT2D eigenvalue weighted by molar-refractivity contribution is 1.06. The normalized spacial score (nSPS) is 11.4. The number of aromatic nitrogens is 1. The van der Waals surface area contributed by atoms with Crippen molar-refractivity contribution in [2.45, 2.75) is 6.92 Å². The zero-order valence-electron chi connectivity index (χ0n) is 14.4. The fourth-order valence-corrected chi connectivity index (χ4v) is 3.95. The van der Waals surface area contributed by atoms with Gasteiger partial charge >= 0.3 is 0 Å². The lowest BCUT2D eigenvalue weighted by Gasteiger charge is -2.16. The number of rotatable bonds is 1. The minimum absolute atomic E-state index is 0.0222. The molecule has 26 heavy (non-hydrogen) atoms. The van der Waals surface area contributed by atoms with Crippen molar-refractivity contribution in [2.75, 3.05) is 0 Å². The molecular weight excluding hydrogens is 318 g/mol. The standard InChI is InChI=1S/C24H17NO/c1-16-15-22-23(19-12-6-5-11-18(16)19)20-13-7-8-14-21(20)24(26)25(22)17-9-3-2-4-10-17/h2-15H,1H3. The Hall–Kier alpha value is -3.39. The molecule has 0 bridgehead atoms. The predicted octanol–water partition coefficient (Wildman–Crippen LogP) is 5.61. The van der Waals surface area contributed by atoms with Crippen LogP contribution in [0.4, 0.5) is 0 Å². The Balaban J connectivity index is 2.15. The van der Waals surface area contributed by atoms with Gasteiger partial charge in [-0.2, -0.15) is 0 Å². The van der Waals surface area contributed by atoms with E-state index in [0.717, 1.165) is 27.4 Å². The fraction of sp³-hybridized carbons (Fsp3) is 0.0417. The van der Waals surface area contributed by atoms with Crippen LogP contribution < -0.4 is 5.56 Å². The second kappa shape index (κ2) is 5.57. The molecular formula is C24H17NO. The van der Waals surface area contributed by atoms with Gasteiger partial charge in [0.05, 0.1) is 5.52 Å². The summed E-state index contributed by atoms with van der Waals surface area (Å²) in [6.45, 7) is 2.11. The lowest BCUT2D eigenvalue weighted by atomic mass is 9.96. The van der Waals surface area contributed by atoms with Gasteiger partial charge in [0.25, 0.3) is 5.56 Å². The molecule has 0 aliphatic heterocycles. The van der Waals surface area contributed by atoms with E-state index in [4.69, 9.17) is 0 Å². The summed E-state index contributed by atoms with van der Waals surface area (Å²) < 4.78 is 1.84. The van der Waals surface area contributed by atoms with E-state index in [9.17, 15) is 4.79 Å². The summed E-state index contributed by atoms with van der Waals surface area (Å²) in [5.74, 6) is 0. The highest BCUT2D eigenvalue weighted by atomic mass is 16.1. The average Bonchev–Trinajstić information content (AvgIpc) is 2.69. The number of fused-ring (bicyclic) bond motifs is 5. The molecule has 5 rings (SSSR count). The van der Waals surface area contributed by atoms with Gasteiger partial charge in [-0.05, 0) is 52.9 Å². The van der Waals surface area contributed by atoms with Gasteiger partial charge in [0.1, 0.15) is 0 Å². The minimum atomic E-state index is 0.0222. The molecule has 0 aliphatic rings. The van der Waals surface area contributed by atoms with Gasteiger partial charge in [-0.25, -0.2) is 0 Å². The van der Waals surface area contributed by atoms with Crippen molar-refractivity contribution < 1.29 is 0 Å². The molecule has 0 spiro atoms. The molecule has 0 radical (unpaired) electrons. The summed E-state index contributed by atoms with van der Waals surface area (Å²) in [6.07, 6.45) is 0. The Morgan fingerprint density at radius 2 is 1.19 bits per heavy atom. The quantitative estimate of drug-likeness (QED) is 0.365. The molecule has 2 nitrogen and oxygen atoms in total. The van der Waals surface area contributed by atoms with Gasteiger partial charge < -0.3 is 0 Å². The highest BCUT2D eigenvalue weighted by Gasteiger charge is 2.15. The van der Waals surface area contributed by atoms with E-state index in [-0.39, 0.29) is 5.56 Å². The van der Waals surface area contributed by atoms with Gasteiger partial charge in [-0.3, -0.25) is 9.36 Å². The second-order valence-corrected chi connectivity index (χ2v) is 6.65. The first-order chi connectivity index (χ1) is 12.8. The first kappa shape index (κ1) is 14.9. The van der Waals surface area contributed by atoms with Gasteiger partial charge in [0.2, 0.25) is 0 Å². The summed E-state index contributed by atoms with van der Waals surface area (Å²) in [6, 6.07) is 28.4. The molecule has 0 unspecified atom stereocenters. The molecule has 4 aromatic carbocycles. The van der Waals surface area contributed by atoms with Crippen LogP contribution >= 0.6 is 0 Å². The summed E-state index contributed by atoms with van der Waals surface area (Å²) in [5.41, 5.74) is 3.04. The third-order valence-corrected chi connectivity index (χ3v) is 5.12. The van der Waals surface area contributed by atoms with E-state index in [1.807, 2.05) is 53.1 Å². The molecule has 0 aliphatic carbocycles. The van der Waals surface area contributed by atoms with Crippen LogP contribution in [0.5, 0.6) is 0 Å². The third-order valence-electron chi connectivity index (χ3n) is 5.12. The van der Waals surface area contributed by atoms with Crippen molar-refractivity contribution in [2.24, 2.45) is 0 Å². The number of pyridine rings is 1. The van der Waals surface area contributed by atoms with Crippen molar-refractivity contribution in [1.29, 1.82) is 0 Å². The van der Waals surface area contributed by atoms with Crippen LogP contribution in [0, 0.1) is 6.92 Å². The molecule has 5 aromatic rings. The van der Waals surface area contributed by atoms with Crippen LogP contribution in [0.25, 0.3) is 38.1 Å². The number of para-hydroxylation sites is 1. The Bertz CT molecular complexity index is 1350. The molecule has 2 heteroatoms. The summed E-state index contributed by atoms with van der Waals surface area (Å²) in [7, 11) is 0. The lowest BCUT2D eigenvalue weighted by Crippen LogP contribution is -2.19. The maximum absolute atomic E-state index is 13.4. The average molecular weight is 335 g/mol. The first-order valence-electron chi connectivity index (χ1n) is 8.77. The largest absolute Gasteiger partial charge is 0.276 e. The number of hydrogen-bond donors (Lipinski definition) is 0. The minimum Gasteiger partial charge on any atom is -0.276 e. The SMILES string of the molecule is Cc1cc2c(c3ccccc13)c1ccccc1c(=O)n2-c1ccccc1. The molecule has 0 saturated carbocycles. The Kier molecular flexibility index (Phi) is 3.19. The van der Waals surface area contributed by atoms with E-state index in [0.29, 0.717) is 0 Å². The molecule has 124 valence electrons. The van der Waals surface area contributed by atoms with Crippen LogP contribution in [0.1, 0.15) is 5.56 Å². The zero-order valence-corrected chi connectivity index (χ0v) is 14.4. The van der Waals surface area contributed by atoms with Gasteiger partial charge in [0.15, 0.2) is 0 Å². The van der Waals surface area contributed by atoms with E-state index in [2.05, 4.69) is 43.3 Å². The second-order valence-electron chi connectivity index (χ2n) is 6.65. The van der Waals surface area contributed by atoms with Gasteiger partial charge in [-0.1, -0.05) is 60.7 Å². The molecule has 0 atom stereocenters. The van der Waals surface area contributed by atoms with Crippen LogP contribution in [-0.2, 0) is 0 Å². The molecule has 1 aromatic heterocycles. The zero-order chi connectivity index (χ0) is 17.7. The summed E-state index contributed by atoms with van der Waals surface area (Å²) in [5, 5.41) is 5.30. The first-order valence-corrected chi connectivity index (χ1v) is 8.77. The van der Waals surface area contributed by atoms with E-state index >= 15 is 0 Å². The highest BCUT2D eigenvalue weighted by molar-refractivity contribution is 6.20. The van der Waals surface area contributed by atoms with Gasteiger partial charge in [-0.15, -0.1) is 0 Å². The van der Waals surface area contributed by atoms with Crippen LogP contribution in [-0.4, -0.2) is 4.57 Å². The highest BCUT2D eigenvalue weighted by Crippen LogP contribution is 2.33. The maximum Gasteiger partial charge on any atom is 0.263 e. The molecule has 0 saturated heterocycles. The van der Waals surface area contributed by atoms with Crippen molar-refractivity contribution in [3.63, 3.8) is 0 Å². The van der Waals surface area contributed by atoms with Crippen molar-refractivity contribution >= 4 is 32.4 Å². The van der Waals surface area contributed by atoms with Crippen molar-refractivity contribution in [3.05, 3.63) is 101 Å². The predicted molar refractivity (Wildman–Crippen MR) is 109 cm³/mol. The van der Waals surface area contributed by atoms with E-state index < -0.39 is 0 Å². The smallest absolute Gasteiger partial charge is 0.263 e. The van der Waals surface area contributed by atoms with E-state index in [1.165, 1.54) is 16.3 Å². The topological polar surface area (TPSA) is 22.0 Å². The number of aryl methyl sites for hydroxylation is 1. The summed E-state index contributed by atoms with van der Waals surface area (Å²) >= 11 is 0. The van der Waals surface area contributed by atoms with E-state index in [1.54, 1.807) is 0 Å². The Morgan fingerprint density at radius 3 is 1.88 bits per heavy atom. The van der Waals surface area contributed by atoms with Crippen LogP contribution in [0.2, 0.25) is 0 Å². The third kappa shape index (κ3) is 2.02. The monoisotopic (exact) mass is 335 g/mol. The summed E-state index contributed by atoms with van der Waals surface area (Å²) in [4.78, 5) is 13.4. The molecule has 1 heterocycles. The molecule has 0 fully saturated rings. The van der Waals surface area contributed by atoms with Crippen molar-refractivity contribution in [3.8, 4) is 5.69 Å². The Labute approximate surface area is 150 Å². The number of benzene rings is 4. The Morgan fingerprint density at radius 1 is 0.654 bits per heavy atom. The van der Waals surface area contributed by atoms with Gasteiger partial charge in [0, 0.05) is 16.5 Å². The van der Waals surface area contributed by atoms with Crippen molar-refractivity contribution in [1.82, 2.24) is 4.57 Å². The van der Waals surface area contributed by atoms with Crippen LogP contribution in [0.15, 0.2) is 89.7 Å². The molecule has 0 amide bonds. The maximum atomic E-state index is 13.4. The van der Waals surface area contributed by atoms with Crippen LogP contribution in [0.3, 0.4) is 0 Å². The molecule has 0 N–H and O–H groups in total. The number of nitrogens with zero attached hydrogens (tertiary/aromatic N) is 1. The number of hydrogen-bond acceptors (Lipinski definition) is 1. The fourth-order valence-electron chi connectivity index (χ4n) is 3.95.